The smallest absolute Gasteiger partial charge is 0.248 e. The number of nitrogens with one attached hydrogen (secondary N) is 3. The van der Waals surface area contributed by atoms with Crippen molar-refractivity contribution < 1.29 is 19.4 Å². The maximum Gasteiger partial charge on any atom is 0.248 e. The van der Waals surface area contributed by atoms with Gasteiger partial charge in [-0.2, -0.15) is 0 Å². The SMILES string of the molecule is NC(=O)C(c1ccccc1)(c1ccccc1)[C@@H]1CCN(CCC(=O)Nc2ccc(CNC[C@H](O)c3ccc(OCc4ccccc4)c4[nH]c(=O)ccc34)cc2Cl)C1. The van der Waals surface area contributed by atoms with Crippen molar-refractivity contribution in [3.8, 4) is 5.75 Å². The Hall–Kier alpha value is -5.78. The van der Waals surface area contributed by atoms with Crippen molar-refractivity contribution in [2.75, 3.05) is 31.5 Å². The van der Waals surface area contributed by atoms with Gasteiger partial charge in [-0.1, -0.05) is 115 Å². The van der Waals surface area contributed by atoms with E-state index in [1.54, 1.807) is 24.3 Å². The Bertz CT molecular complexity index is 2340. The number of ether oxygens (including phenoxy) is 1. The quantitative estimate of drug-likeness (QED) is 0.0733. The average Bonchev–Trinajstić information content (AvgIpc) is 3.70. The summed E-state index contributed by atoms with van der Waals surface area (Å²) in [6, 6.07) is 41.4. The second kappa shape index (κ2) is 18.0. The maximum atomic E-state index is 13.4. The van der Waals surface area contributed by atoms with Crippen LogP contribution in [0.15, 0.2) is 138 Å². The molecule has 0 unspecified atom stereocenters. The molecule has 0 aliphatic carbocycles. The van der Waals surface area contributed by atoms with Gasteiger partial charge in [0, 0.05) is 44.1 Å². The van der Waals surface area contributed by atoms with Gasteiger partial charge in [-0.3, -0.25) is 14.4 Å². The molecule has 6 aromatic rings. The van der Waals surface area contributed by atoms with E-state index in [2.05, 4.69) is 20.5 Å². The number of primary amides is 1. The molecule has 57 heavy (non-hydrogen) atoms. The number of benzene rings is 5. The number of aromatic nitrogens is 1. The number of amides is 2. The van der Waals surface area contributed by atoms with E-state index in [9.17, 15) is 19.5 Å². The molecule has 0 saturated carbocycles. The van der Waals surface area contributed by atoms with E-state index >= 15 is 0 Å². The Morgan fingerprint density at radius 1 is 0.895 bits per heavy atom. The number of fused-ring (bicyclic) bond motifs is 1. The van der Waals surface area contributed by atoms with Crippen molar-refractivity contribution in [3.63, 3.8) is 0 Å². The molecule has 0 bridgehead atoms. The lowest BCUT2D eigenvalue weighted by Crippen LogP contribution is -2.49. The first-order valence-electron chi connectivity index (χ1n) is 19.2. The highest BCUT2D eigenvalue weighted by Crippen LogP contribution is 2.43. The number of nitrogens with two attached hydrogens (primary N) is 1. The Kier molecular flexibility index (Phi) is 12.5. The zero-order valence-corrected chi connectivity index (χ0v) is 32.3. The lowest BCUT2D eigenvalue weighted by Gasteiger charge is -2.37. The lowest BCUT2D eigenvalue weighted by atomic mass is 9.64. The standard InChI is InChI=1S/C46H46ClN5O5/c47-38-26-32(27-49-28-40(53)36-17-20-41(44-37(36)18-21-42(54)51-44)57-30-31-10-4-1-5-11-31)16-19-39(38)50-43(55)23-25-52-24-22-35(29-52)46(45(48)56,33-12-6-2-7-13-33)34-14-8-3-9-15-34/h1-21,26,35,40,49,53H,22-25,27-30H2,(H2,48,56)(H,50,55)(H,51,54)/t35-,40+/m1/s1. The molecule has 1 aliphatic heterocycles. The molecule has 1 fully saturated rings. The number of hydrogen-bond donors (Lipinski definition) is 5. The summed E-state index contributed by atoms with van der Waals surface area (Å²) < 4.78 is 6.04. The number of likely N-dealkylation sites (tertiary alicyclic amines) is 1. The number of hydrogen-bond acceptors (Lipinski definition) is 7. The summed E-state index contributed by atoms with van der Waals surface area (Å²) in [4.78, 5) is 43.8. The molecule has 10 nitrogen and oxygen atoms in total. The second-order valence-corrected chi connectivity index (χ2v) is 14.9. The number of halogens is 1. The van der Waals surface area contributed by atoms with E-state index in [0.29, 0.717) is 59.2 Å². The predicted molar refractivity (Wildman–Crippen MR) is 224 cm³/mol. The van der Waals surface area contributed by atoms with Crippen LogP contribution in [0.5, 0.6) is 5.75 Å². The fraction of sp³-hybridized carbons (Fsp3) is 0.239. The van der Waals surface area contributed by atoms with Crippen molar-refractivity contribution in [1.82, 2.24) is 15.2 Å². The van der Waals surface area contributed by atoms with Crippen LogP contribution in [0.2, 0.25) is 5.02 Å². The fourth-order valence-corrected chi connectivity index (χ4v) is 8.27. The highest BCUT2D eigenvalue weighted by Gasteiger charge is 2.49. The van der Waals surface area contributed by atoms with Crippen molar-refractivity contribution in [2.24, 2.45) is 11.7 Å². The summed E-state index contributed by atoms with van der Waals surface area (Å²) in [5.41, 5.74) is 10.3. The number of nitrogens with zero attached hydrogens (tertiary/aromatic N) is 1. The normalized spacial score (nSPS) is 15.0. The second-order valence-electron chi connectivity index (χ2n) is 14.5. The lowest BCUT2D eigenvalue weighted by molar-refractivity contribution is -0.124. The van der Waals surface area contributed by atoms with E-state index in [4.69, 9.17) is 22.1 Å². The molecular formula is C46H46ClN5O5. The molecule has 0 spiro atoms. The zero-order valence-electron chi connectivity index (χ0n) is 31.5. The number of pyridine rings is 1. The number of rotatable bonds is 16. The van der Waals surface area contributed by atoms with Gasteiger partial charge in [0.05, 0.1) is 22.3 Å². The van der Waals surface area contributed by atoms with Crippen LogP contribution in [-0.4, -0.2) is 53.0 Å². The molecule has 2 heterocycles. The van der Waals surface area contributed by atoms with Crippen LogP contribution < -0.4 is 26.7 Å². The minimum absolute atomic E-state index is 0.0604. The molecular weight excluding hydrogens is 738 g/mol. The minimum Gasteiger partial charge on any atom is -0.487 e. The van der Waals surface area contributed by atoms with Crippen LogP contribution in [0.1, 0.15) is 46.8 Å². The molecule has 2 atom stereocenters. The van der Waals surface area contributed by atoms with Gasteiger partial charge in [0.2, 0.25) is 17.4 Å². The Labute approximate surface area is 336 Å². The summed E-state index contributed by atoms with van der Waals surface area (Å²) in [5, 5.41) is 18.5. The highest BCUT2D eigenvalue weighted by molar-refractivity contribution is 6.33. The molecule has 0 radical (unpaired) electrons. The van der Waals surface area contributed by atoms with Crippen LogP contribution in [0.4, 0.5) is 5.69 Å². The minimum atomic E-state index is -0.985. The van der Waals surface area contributed by atoms with Gasteiger partial charge in [-0.05, 0) is 71.0 Å². The zero-order chi connectivity index (χ0) is 39.8. The summed E-state index contributed by atoms with van der Waals surface area (Å²) in [6.45, 7) is 2.90. The monoisotopic (exact) mass is 783 g/mol. The Morgan fingerprint density at radius 2 is 1.58 bits per heavy atom. The van der Waals surface area contributed by atoms with Crippen LogP contribution in [0.3, 0.4) is 0 Å². The Morgan fingerprint density at radius 3 is 2.25 bits per heavy atom. The number of carbonyl (C=O) groups excluding carboxylic acids is 2. The van der Waals surface area contributed by atoms with Crippen molar-refractivity contribution in [3.05, 3.63) is 177 Å². The van der Waals surface area contributed by atoms with Gasteiger partial charge in [-0.15, -0.1) is 0 Å². The first-order chi connectivity index (χ1) is 27.7. The third kappa shape index (κ3) is 8.95. The molecule has 1 aliphatic rings. The largest absolute Gasteiger partial charge is 0.487 e. The topological polar surface area (TPSA) is 150 Å². The van der Waals surface area contributed by atoms with Crippen LogP contribution >= 0.6 is 11.6 Å². The summed E-state index contributed by atoms with van der Waals surface area (Å²) in [5.74, 6) is -0.0749. The van der Waals surface area contributed by atoms with Crippen molar-refractivity contribution in [1.29, 1.82) is 0 Å². The number of aliphatic hydroxyl groups excluding tert-OH is 1. The number of aliphatic hydroxyl groups is 1. The van der Waals surface area contributed by atoms with E-state index in [-0.39, 0.29) is 36.3 Å². The van der Waals surface area contributed by atoms with Gasteiger partial charge in [0.1, 0.15) is 17.8 Å². The van der Waals surface area contributed by atoms with Gasteiger partial charge in [0.25, 0.3) is 0 Å². The van der Waals surface area contributed by atoms with Crippen molar-refractivity contribution >= 4 is 40.0 Å². The van der Waals surface area contributed by atoms with Crippen molar-refractivity contribution in [2.45, 2.75) is 37.5 Å². The number of anilines is 1. The van der Waals surface area contributed by atoms with E-state index in [1.807, 2.05) is 103 Å². The van der Waals surface area contributed by atoms with Gasteiger partial charge in [0.15, 0.2) is 0 Å². The average molecular weight is 784 g/mol. The maximum absolute atomic E-state index is 13.4. The number of aromatic amines is 1. The first-order valence-corrected chi connectivity index (χ1v) is 19.5. The molecule has 6 N–H and O–H groups in total. The summed E-state index contributed by atoms with van der Waals surface area (Å²) in [6.07, 6.45) is 0.152. The molecule has 1 saturated heterocycles. The van der Waals surface area contributed by atoms with Gasteiger partial charge >= 0.3 is 0 Å². The Balaban J connectivity index is 0.919. The third-order valence-electron chi connectivity index (χ3n) is 10.8. The highest BCUT2D eigenvalue weighted by atomic mass is 35.5. The number of H-pyrrole nitrogens is 1. The van der Waals surface area contributed by atoms with Crippen LogP contribution in [0, 0.1) is 5.92 Å². The number of carbonyl (C=O) groups is 2. The summed E-state index contributed by atoms with van der Waals surface area (Å²) >= 11 is 6.62. The van der Waals surface area contributed by atoms with E-state index in [0.717, 1.165) is 35.2 Å². The molecule has 7 rings (SSSR count). The molecule has 292 valence electrons. The predicted octanol–water partition coefficient (Wildman–Crippen LogP) is 6.71. The fourth-order valence-electron chi connectivity index (χ4n) is 8.01. The summed E-state index contributed by atoms with van der Waals surface area (Å²) in [7, 11) is 0. The van der Waals surface area contributed by atoms with E-state index < -0.39 is 11.5 Å². The van der Waals surface area contributed by atoms with Gasteiger partial charge in [-0.25, -0.2) is 0 Å². The van der Waals surface area contributed by atoms with Gasteiger partial charge < -0.3 is 36.1 Å². The van der Waals surface area contributed by atoms with Crippen LogP contribution in [-0.2, 0) is 28.2 Å². The van der Waals surface area contributed by atoms with E-state index in [1.165, 1.54) is 6.07 Å². The molecule has 11 heteroatoms. The molecule has 5 aromatic carbocycles. The molecule has 2 amide bonds. The first kappa shape index (κ1) is 39.5. The van der Waals surface area contributed by atoms with Crippen LogP contribution in [0.25, 0.3) is 10.9 Å². The third-order valence-corrected chi connectivity index (χ3v) is 11.2. The molecule has 1 aromatic heterocycles.